The average Bonchev–Trinajstić information content (AvgIpc) is 2.47. The van der Waals surface area contributed by atoms with Crippen LogP contribution in [0.5, 0.6) is 5.75 Å². The Kier molecular flexibility index (Phi) is 5.23. The van der Waals surface area contributed by atoms with E-state index in [0.29, 0.717) is 17.4 Å². The molecule has 2 atom stereocenters. The normalized spacial score (nSPS) is 22.3. The second-order valence-corrected chi connectivity index (χ2v) is 6.19. The van der Waals surface area contributed by atoms with Gasteiger partial charge in [-0.15, -0.1) is 0 Å². The van der Waals surface area contributed by atoms with Crippen LogP contribution in [0.25, 0.3) is 0 Å². The molecule has 4 nitrogen and oxygen atoms in total. The summed E-state index contributed by atoms with van der Waals surface area (Å²) in [6.07, 6.45) is 5.31. The second kappa shape index (κ2) is 6.94. The van der Waals surface area contributed by atoms with Gasteiger partial charge in [-0.2, -0.15) is 0 Å². The zero-order valence-corrected chi connectivity index (χ0v) is 13.4. The Morgan fingerprint density at radius 1 is 1.38 bits per heavy atom. The van der Waals surface area contributed by atoms with Gasteiger partial charge >= 0.3 is 0 Å². The van der Waals surface area contributed by atoms with E-state index < -0.39 is 0 Å². The quantitative estimate of drug-likeness (QED) is 0.647. The van der Waals surface area contributed by atoms with Gasteiger partial charge in [0.05, 0.1) is 12.7 Å². The molecule has 0 aromatic heterocycles. The smallest absolute Gasteiger partial charge is 0.129 e. The molecule has 3 N–H and O–H groups in total. The van der Waals surface area contributed by atoms with E-state index in [-0.39, 0.29) is 5.84 Å². The topological polar surface area (TPSA) is 62.3 Å². The lowest BCUT2D eigenvalue weighted by atomic mass is 9.85. The minimum absolute atomic E-state index is 0.0578. The molecule has 1 fully saturated rings. The van der Waals surface area contributed by atoms with E-state index in [1.165, 1.54) is 31.2 Å². The SMILES string of the molecule is COc1ccc(CN(C)C2CCCCC2C)cc1C(=N)N. The maximum atomic E-state index is 7.67. The molecule has 0 aliphatic heterocycles. The zero-order chi connectivity index (χ0) is 15.4. The molecular formula is C17H27N3O. The van der Waals surface area contributed by atoms with Crippen molar-refractivity contribution in [3.8, 4) is 5.75 Å². The summed E-state index contributed by atoms with van der Waals surface area (Å²) in [7, 11) is 3.81. The number of nitrogens with two attached hydrogens (primary N) is 1. The Morgan fingerprint density at radius 3 is 2.71 bits per heavy atom. The van der Waals surface area contributed by atoms with Gasteiger partial charge in [0.2, 0.25) is 0 Å². The third-order valence-corrected chi connectivity index (χ3v) is 4.62. The fraction of sp³-hybridized carbons (Fsp3) is 0.588. The number of nitrogen functional groups attached to an aromatic ring is 1. The van der Waals surface area contributed by atoms with Gasteiger partial charge in [-0.1, -0.05) is 25.8 Å². The molecule has 0 bridgehead atoms. The molecule has 0 spiro atoms. The predicted octanol–water partition coefficient (Wildman–Crippen LogP) is 2.99. The van der Waals surface area contributed by atoms with Gasteiger partial charge in [0.25, 0.3) is 0 Å². The number of methoxy groups -OCH3 is 1. The molecule has 1 aromatic carbocycles. The first-order valence-corrected chi connectivity index (χ1v) is 7.74. The standard InChI is InChI=1S/C17H27N3O/c1-12-6-4-5-7-15(12)20(2)11-13-8-9-16(21-3)14(10-13)17(18)19/h8-10,12,15H,4-7,11H2,1-3H3,(H3,18,19). The molecule has 1 aliphatic carbocycles. The molecule has 0 heterocycles. The van der Waals surface area contributed by atoms with Crippen molar-refractivity contribution in [2.75, 3.05) is 14.2 Å². The van der Waals surface area contributed by atoms with Crippen molar-refractivity contribution in [2.24, 2.45) is 11.7 Å². The fourth-order valence-electron chi connectivity index (χ4n) is 3.42. The number of rotatable bonds is 5. The van der Waals surface area contributed by atoms with Gasteiger partial charge in [0.15, 0.2) is 0 Å². The molecule has 2 rings (SSSR count). The van der Waals surface area contributed by atoms with Crippen LogP contribution in [0, 0.1) is 11.3 Å². The highest BCUT2D eigenvalue weighted by Crippen LogP contribution is 2.28. The minimum atomic E-state index is 0.0578. The van der Waals surface area contributed by atoms with Gasteiger partial charge in [0.1, 0.15) is 11.6 Å². The van der Waals surface area contributed by atoms with Crippen molar-refractivity contribution in [3.63, 3.8) is 0 Å². The van der Waals surface area contributed by atoms with Crippen LogP contribution in [-0.2, 0) is 6.54 Å². The van der Waals surface area contributed by atoms with E-state index in [1.54, 1.807) is 7.11 Å². The fourth-order valence-corrected chi connectivity index (χ4v) is 3.42. The van der Waals surface area contributed by atoms with Crippen LogP contribution in [0.4, 0.5) is 0 Å². The second-order valence-electron chi connectivity index (χ2n) is 6.19. The summed E-state index contributed by atoms with van der Waals surface area (Å²) >= 11 is 0. The summed E-state index contributed by atoms with van der Waals surface area (Å²) in [5.41, 5.74) is 7.51. The Hall–Kier alpha value is -1.55. The molecule has 1 saturated carbocycles. The molecule has 4 heteroatoms. The van der Waals surface area contributed by atoms with E-state index in [2.05, 4.69) is 24.9 Å². The molecule has 2 unspecified atom stereocenters. The van der Waals surface area contributed by atoms with Crippen LogP contribution in [0.3, 0.4) is 0 Å². The lowest BCUT2D eigenvalue weighted by Crippen LogP contribution is -2.38. The first kappa shape index (κ1) is 15.8. The maximum Gasteiger partial charge on any atom is 0.129 e. The van der Waals surface area contributed by atoms with Gasteiger partial charge < -0.3 is 10.5 Å². The Morgan fingerprint density at radius 2 is 2.10 bits per heavy atom. The number of nitrogens with one attached hydrogen (secondary N) is 1. The van der Waals surface area contributed by atoms with Crippen LogP contribution in [0.1, 0.15) is 43.7 Å². The number of amidine groups is 1. The van der Waals surface area contributed by atoms with Gasteiger partial charge in [0, 0.05) is 12.6 Å². The lowest BCUT2D eigenvalue weighted by Gasteiger charge is -2.36. The summed E-state index contributed by atoms with van der Waals surface area (Å²) in [6, 6.07) is 6.60. The van der Waals surface area contributed by atoms with E-state index >= 15 is 0 Å². The number of hydrogen-bond acceptors (Lipinski definition) is 3. The first-order chi connectivity index (χ1) is 10.0. The van der Waals surface area contributed by atoms with Gasteiger partial charge in [-0.05, 0) is 43.5 Å². The predicted molar refractivity (Wildman–Crippen MR) is 86.9 cm³/mol. The Labute approximate surface area is 127 Å². The molecule has 0 radical (unpaired) electrons. The van der Waals surface area contributed by atoms with Crippen LogP contribution in [0.2, 0.25) is 0 Å². The molecular weight excluding hydrogens is 262 g/mol. The summed E-state index contributed by atoms with van der Waals surface area (Å²) in [5.74, 6) is 1.48. The minimum Gasteiger partial charge on any atom is -0.496 e. The van der Waals surface area contributed by atoms with Crippen molar-refractivity contribution < 1.29 is 4.74 Å². The summed E-state index contributed by atoms with van der Waals surface area (Å²) in [4.78, 5) is 2.44. The van der Waals surface area contributed by atoms with Crippen molar-refractivity contribution >= 4 is 5.84 Å². The molecule has 116 valence electrons. The highest BCUT2D eigenvalue weighted by Gasteiger charge is 2.24. The van der Waals surface area contributed by atoms with Crippen molar-refractivity contribution in [1.82, 2.24) is 4.90 Å². The summed E-state index contributed by atoms with van der Waals surface area (Å²) < 4.78 is 5.27. The van der Waals surface area contributed by atoms with Crippen LogP contribution >= 0.6 is 0 Å². The third kappa shape index (κ3) is 3.76. The molecule has 1 aromatic rings. The van der Waals surface area contributed by atoms with Crippen molar-refractivity contribution in [2.45, 2.75) is 45.2 Å². The summed E-state index contributed by atoms with van der Waals surface area (Å²) in [6.45, 7) is 3.24. The third-order valence-electron chi connectivity index (χ3n) is 4.62. The average molecular weight is 289 g/mol. The van der Waals surface area contributed by atoms with Crippen molar-refractivity contribution in [1.29, 1.82) is 5.41 Å². The lowest BCUT2D eigenvalue weighted by molar-refractivity contribution is 0.133. The van der Waals surface area contributed by atoms with Gasteiger partial charge in [-0.25, -0.2) is 0 Å². The molecule has 21 heavy (non-hydrogen) atoms. The van der Waals surface area contributed by atoms with E-state index in [9.17, 15) is 0 Å². The monoisotopic (exact) mass is 289 g/mol. The number of benzene rings is 1. The Bertz CT molecular complexity index is 501. The molecule has 0 saturated heterocycles. The highest BCUT2D eigenvalue weighted by atomic mass is 16.5. The van der Waals surface area contributed by atoms with Gasteiger partial charge in [-0.3, -0.25) is 10.3 Å². The molecule has 0 amide bonds. The first-order valence-electron chi connectivity index (χ1n) is 7.74. The van der Waals surface area contributed by atoms with Crippen molar-refractivity contribution in [3.05, 3.63) is 29.3 Å². The largest absolute Gasteiger partial charge is 0.496 e. The highest BCUT2D eigenvalue weighted by molar-refractivity contribution is 5.97. The van der Waals surface area contributed by atoms with Crippen LogP contribution in [0.15, 0.2) is 18.2 Å². The summed E-state index contributed by atoms with van der Waals surface area (Å²) in [5, 5.41) is 7.67. The van der Waals surface area contributed by atoms with Crippen LogP contribution < -0.4 is 10.5 Å². The number of hydrogen-bond donors (Lipinski definition) is 2. The number of nitrogens with zero attached hydrogens (tertiary/aromatic N) is 1. The maximum absolute atomic E-state index is 7.67. The Balaban J connectivity index is 2.11. The van der Waals surface area contributed by atoms with E-state index in [1.807, 2.05) is 12.1 Å². The van der Waals surface area contributed by atoms with Crippen LogP contribution in [-0.4, -0.2) is 30.9 Å². The van der Waals surface area contributed by atoms with E-state index in [4.69, 9.17) is 15.9 Å². The molecule has 1 aliphatic rings. The van der Waals surface area contributed by atoms with E-state index in [0.717, 1.165) is 12.5 Å². The zero-order valence-electron chi connectivity index (χ0n) is 13.4. The number of ether oxygens (including phenoxy) is 1.